The molecule has 1 amide bonds. The third-order valence-electron chi connectivity index (χ3n) is 5.81. The summed E-state index contributed by atoms with van der Waals surface area (Å²) in [6.07, 6.45) is 3.93. The Kier molecular flexibility index (Phi) is 6.85. The van der Waals surface area contributed by atoms with Crippen molar-refractivity contribution in [3.05, 3.63) is 54.4 Å². The fourth-order valence-corrected chi connectivity index (χ4v) is 6.78. The van der Waals surface area contributed by atoms with Gasteiger partial charge in [-0.2, -0.15) is 0 Å². The second-order valence-corrected chi connectivity index (χ2v) is 11.6. The maximum atomic E-state index is 13.3. The van der Waals surface area contributed by atoms with E-state index in [1.165, 1.54) is 11.8 Å². The molecule has 1 aliphatic rings. The summed E-state index contributed by atoms with van der Waals surface area (Å²) >= 11 is 1.33. The lowest BCUT2D eigenvalue weighted by Gasteiger charge is -2.29. The Hall–Kier alpha value is -2.72. The third-order valence-corrected chi connectivity index (χ3v) is 8.59. The zero-order chi connectivity index (χ0) is 23.6. The summed E-state index contributed by atoms with van der Waals surface area (Å²) in [5.41, 5.74) is 2.80. The van der Waals surface area contributed by atoms with Crippen LogP contribution < -0.4 is 0 Å². The van der Waals surface area contributed by atoms with Crippen molar-refractivity contribution in [2.75, 3.05) is 18.1 Å². The molecule has 2 atom stereocenters. The molecule has 3 aromatic rings. The lowest BCUT2D eigenvalue weighted by molar-refractivity contribution is -0.131. The number of aryl methyl sites for hydroxylation is 1. The van der Waals surface area contributed by atoms with E-state index in [0.29, 0.717) is 23.9 Å². The Morgan fingerprint density at radius 1 is 1.24 bits per heavy atom. The second kappa shape index (κ2) is 9.64. The summed E-state index contributed by atoms with van der Waals surface area (Å²) in [5.74, 6) is 0.730. The normalized spacial score (nSPS) is 18.2. The smallest absolute Gasteiger partial charge is 0.236 e. The maximum absolute atomic E-state index is 13.3. The second-order valence-electron chi connectivity index (χ2n) is 8.11. The number of carbonyl (C=O) groups is 1. The lowest BCUT2D eigenvalue weighted by atomic mass is 10.2. The van der Waals surface area contributed by atoms with Crippen LogP contribution in [0.15, 0.2) is 53.9 Å². The van der Waals surface area contributed by atoms with Gasteiger partial charge in [-0.25, -0.2) is 8.42 Å². The molecular formula is C23H27N5O3S2. The van der Waals surface area contributed by atoms with Crippen LogP contribution in [0.1, 0.15) is 25.8 Å². The molecule has 0 radical (unpaired) electrons. The van der Waals surface area contributed by atoms with E-state index in [9.17, 15) is 13.2 Å². The summed E-state index contributed by atoms with van der Waals surface area (Å²) in [6.45, 7) is 6.20. The van der Waals surface area contributed by atoms with Crippen LogP contribution in [0.4, 0.5) is 0 Å². The number of para-hydroxylation sites is 1. The molecule has 2 aromatic heterocycles. The van der Waals surface area contributed by atoms with Gasteiger partial charge < -0.3 is 4.90 Å². The van der Waals surface area contributed by atoms with E-state index in [-0.39, 0.29) is 23.5 Å². The van der Waals surface area contributed by atoms with Crippen molar-refractivity contribution in [1.29, 1.82) is 0 Å². The monoisotopic (exact) mass is 485 g/mol. The van der Waals surface area contributed by atoms with Crippen molar-refractivity contribution in [1.82, 2.24) is 24.6 Å². The fraction of sp³-hybridized carbons (Fsp3) is 0.391. The van der Waals surface area contributed by atoms with Crippen molar-refractivity contribution in [3.63, 3.8) is 0 Å². The average Bonchev–Trinajstić information content (AvgIpc) is 3.38. The Labute approximate surface area is 198 Å². The van der Waals surface area contributed by atoms with Crippen molar-refractivity contribution in [3.8, 4) is 17.1 Å². The Morgan fingerprint density at radius 2 is 2.03 bits per heavy atom. The van der Waals surface area contributed by atoms with Crippen LogP contribution in [0.25, 0.3) is 17.1 Å². The number of benzene rings is 1. The topological polar surface area (TPSA) is 98.1 Å². The molecule has 4 rings (SSSR count). The number of hydrogen-bond acceptors (Lipinski definition) is 7. The van der Waals surface area contributed by atoms with Crippen molar-refractivity contribution in [2.24, 2.45) is 0 Å². The molecule has 33 heavy (non-hydrogen) atoms. The minimum Gasteiger partial charge on any atom is -0.338 e. The molecule has 0 spiro atoms. The number of hydrogen-bond donors (Lipinski definition) is 0. The molecular weight excluding hydrogens is 458 g/mol. The highest BCUT2D eigenvalue weighted by atomic mass is 32.2. The van der Waals surface area contributed by atoms with Gasteiger partial charge in [0, 0.05) is 30.5 Å². The molecule has 0 unspecified atom stereocenters. The lowest BCUT2D eigenvalue weighted by Crippen LogP contribution is -2.44. The number of pyridine rings is 1. The van der Waals surface area contributed by atoms with Crippen molar-refractivity contribution in [2.45, 2.75) is 43.6 Å². The summed E-state index contributed by atoms with van der Waals surface area (Å²) < 4.78 is 25.8. The molecule has 1 aromatic carbocycles. The van der Waals surface area contributed by atoms with Gasteiger partial charge >= 0.3 is 0 Å². The summed E-state index contributed by atoms with van der Waals surface area (Å²) in [4.78, 5) is 19.2. The quantitative estimate of drug-likeness (QED) is 0.474. The predicted octanol–water partition coefficient (Wildman–Crippen LogP) is 3.15. The van der Waals surface area contributed by atoms with Gasteiger partial charge in [-0.1, -0.05) is 30.0 Å². The van der Waals surface area contributed by atoms with Gasteiger partial charge in [-0.3, -0.25) is 14.3 Å². The molecule has 0 bridgehead atoms. The van der Waals surface area contributed by atoms with E-state index in [4.69, 9.17) is 0 Å². The van der Waals surface area contributed by atoms with Gasteiger partial charge in [0.05, 0.1) is 22.4 Å². The SMILES string of the molecule is CCN(C(=O)[C@@H](C)Sc1nnc(-c2cccnc2)n1-c1ccccc1C)[C@H]1CCS(=O)(=O)C1. The van der Waals surface area contributed by atoms with Gasteiger partial charge in [-0.15, -0.1) is 10.2 Å². The van der Waals surface area contributed by atoms with E-state index >= 15 is 0 Å². The first kappa shape index (κ1) is 23.4. The molecule has 1 fully saturated rings. The van der Waals surface area contributed by atoms with E-state index in [1.54, 1.807) is 17.3 Å². The highest BCUT2D eigenvalue weighted by Crippen LogP contribution is 2.32. The molecule has 10 heteroatoms. The number of nitrogens with zero attached hydrogens (tertiary/aromatic N) is 5. The standard InChI is InChI=1S/C23H27N5O3S2/c1-4-27(19-11-13-33(30,31)15-19)22(29)17(3)32-23-26-25-21(18-9-7-12-24-14-18)28(23)20-10-6-5-8-16(20)2/h5-10,12,14,17,19H,4,11,13,15H2,1-3H3/t17-,19+/m1/s1. The van der Waals surface area contributed by atoms with Crippen LogP contribution in [0.5, 0.6) is 0 Å². The first-order valence-electron chi connectivity index (χ1n) is 10.9. The highest BCUT2D eigenvalue weighted by Gasteiger charge is 2.36. The molecule has 1 aliphatic heterocycles. The largest absolute Gasteiger partial charge is 0.338 e. The van der Waals surface area contributed by atoms with E-state index in [2.05, 4.69) is 15.2 Å². The molecule has 8 nitrogen and oxygen atoms in total. The number of carbonyl (C=O) groups excluding carboxylic acids is 1. The molecule has 1 saturated heterocycles. The molecule has 0 N–H and O–H groups in total. The zero-order valence-corrected chi connectivity index (χ0v) is 20.5. The molecule has 0 saturated carbocycles. The van der Waals surface area contributed by atoms with Gasteiger partial charge in [0.1, 0.15) is 0 Å². The Balaban J connectivity index is 1.66. The predicted molar refractivity (Wildman–Crippen MR) is 129 cm³/mol. The number of thioether (sulfide) groups is 1. The van der Waals surface area contributed by atoms with Crippen LogP contribution >= 0.6 is 11.8 Å². The van der Waals surface area contributed by atoms with Gasteiger partial charge in [0.25, 0.3) is 0 Å². The minimum absolute atomic E-state index is 0.0362. The maximum Gasteiger partial charge on any atom is 0.236 e. The number of rotatable bonds is 7. The van der Waals surface area contributed by atoms with Gasteiger partial charge in [0.15, 0.2) is 20.8 Å². The van der Waals surface area contributed by atoms with Crippen LogP contribution in [0.2, 0.25) is 0 Å². The van der Waals surface area contributed by atoms with E-state index < -0.39 is 15.1 Å². The van der Waals surface area contributed by atoms with Gasteiger partial charge in [0.2, 0.25) is 5.91 Å². The number of amides is 1. The van der Waals surface area contributed by atoms with E-state index in [0.717, 1.165) is 16.8 Å². The van der Waals surface area contributed by atoms with Crippen LogP contribution in [0, 0.1) is 6.92 Å². The Bertz CT molecular complexity index is 1240. The van der Waals surface area contributed by atoms with Crippen molar-refractivity contribution >= 4 is 27.5 Å². The summed E-state index contributed by atoms with van der Waals surface area (Å²) in [6, 6.07) is 11.4. The Morgan fingerprint density at radius 3 is 2.67 bits per heavy atom. The van der Waals surface area contributed by atoms with Crippen molar-refractivity contribution < 1.29 is 13.2 Å². The number of sulfone groups is 1. The molecule has 174 valence electrons. The fourth-order valence-electron chi connectivity index (χ4n) is 4.12. The minimum atomic E-state index is -3.08. The van der Waals surface area contributed by atoms with Crippen LogP contribution in [-0.4, -0.2) is 68.3 Å². The average molecular weight is 486 g/mol. The summed E-state index contributed by atoms with van der Waals surface area (Å²) in [5, 5.41) is 8.99. The van der Waals surface area contributed by atoms with E-state index in [1.807, 2.05) is 61.7 Å². The molecule has 0 aliphatic carbocycles. The first-order valence-corrected chi connectivity index (χ1v) is 13.6. The molecule has 3 heterocycles. The van der Waals surface area contributed by atoms with Crippen LogP contribution in [0.3, 0.4) is 0 Å². The highest BCUT2D eigenvalue weighted by molar-refractivity contribution is 8.00. The van der Waals surface area contributed by atoms with Gasteiger partial charge in [-0.05, 0) is 51.0 Å². The third kappa shape index (κ3) is 4.96. The number of aromatic nitrogens is 4. The first-order chi connectivity index (χ1) is 15.8. The van der Waals surface area contributed by atoms with Crippen LogP contribution in [-0.2, 0) is 14.6 Å². The zero-order valence-electron chi connectivity index (χ0n) is 18.9. The summed E-state index contributed by atoms with van der Waals surface area (Å²) in [7, 11) is -3.08.